The lowest BCUT2D eigenvalue weighted by Gasteiger charge is -2.20. The van der Waals surface area contributed by atoms with Gasteiger partial charge in [0.25, 0.3) is 15.5 Å². The molecule has 0 aliphatic carbocycles. The molecule has 0 amide bonds. The van der Waals surface area contributed by atoms with Gasteiger partial charge < -0.3 is 9.88 Å². The first-order valence-corrected chi connectivity index (χ1v) is 9.99. The number of nitro benzene ring substituents is 1. The molecule has 1 atom stereocenters. The summed E-state index contributed by atoms with van der Waals surface area (Å²) in [6, 6.07) is 6.14. The number of imidazole rings is 1. The fourth-order valence-electron chi connectivity index (χ4n) is 2.85. The zero-order valence-electron chi connectivity index (χ0n) is 15.7. The second kappa shape index (κ2) is 7.98. The molecule has 3 aromatic rings. The van der Waals surface area contributed by atoms with E-state index in [0.717, 1.165) is 6.07 Å². The fourth-order valence-corrected chi connectivity index (χ4v) is 3.63. The van der Waals surface area contributed by atoms with E-state index in [2.05, 4.69) is 10.3 Å². The van der Waals surface area contributed by atoms with Crippen molar-refractivity contribution in [2.45, 2.75) is 16.4 Å². The van der Waals surface area contributed by atoms with Gasteiger partial charge in [-0.05, 0) is 29.8 Å². The maximum atomic E-state index is 13.3. The average molecular weight is 458 g/mol. The third kappa shape index (κ3) is 4.35. The zero-order chi connectivity index (χ0) is 23.0. The zero-order valence-corrected chi connectivity index (χ0v) is 16.5. The molecule has 0 spiro atoms. The summed E-state index contributed by atoms with van der Waals surface area (Å²) in [5, 5.41) is 14.3. The van der Waals surface area contributed by atoms with Crippen molar-refractivity contribution in [1.82, 2.24) is 9.55 Å². The Morgan fingerprint density at radius 3 is 2.32 bits per heavy atom. The third-order valence-electron chi connectivity index (χ3n) is 4.40. The highest BCUT2D eigenvalue weighted by molar-refractivity contribution is 7.92. The van der Waals surface area contributed by atoms with Crippen LogP contribution in [-0.2, 0) is 16.9 Å². The number of aromatic nitrogens is 2. The van der Waals surface area contributed by atoms with Crippen LogP contribution in [0.2, 0.25) is 0 Å². The topological polar surface area (TPSA) is 107 Å². The number of nitrogens with one attached hydrogen (secondary N) is 1. The van der Waals surface area contributed by atoms with Crippen LogP contribution >= 0.6 is 0 Å². The number of nitro groups is 1. The van der Waals surface area contributed by atoms with E-state index < -0.39 is 42.7 Å². The molecule has 0 bridgehead atoms. The first-order chi connectivity index (χ1) is 14.4. The minimum Gasteiger partial charge on any atom is -0.366 e. The van der Waals surface area contributed by atoms with Crippen molar-refractivity contribution < 1.29 is 30.9 Å². The molecule has 0 radical (unpaired) electrons. The maximum Gasteiger partial charge on any atom is 0.501 e. The first kappa shape index (κ1) is 22.2. The molecule has 0 saturated heterocycles. The van der Waals surface area contributed by atoms with Crippen LogP contribution in [0.4, 0.5) is 28.9 Å². The Kier molecular flexibility index (Phi) is 5.72. The summed E-state index contributed by atoms with van der Waals surface area (Å²) in [5.41, 5.74) is -6.29. The number of hydrogen-bond acceptors (Lipinski definition) is 6. The van der Waals surface area contributed by atoms with Crippen LogP contribution in [0.15, 0.2) is 59.8 Å². The fraction of sp³-hybridized carbons (Fsp3) is 0.167. The summed E-state index contributed by atoms with van der Waals surface area (Å²) in [6.45, 7) is 0. The van der Waals surface area contributed by atoms with Gasteiger partial charge in [0, 0.05) is 25.5 Å². The summed E-state index contributed by atoms with van der Waals surface area (Å²) in [6.07, 6.45) is 3.06. The molecule has 1 aromatic heterocycles. The summed E-state index contributed by atoms with van der Waals surface area (Å²) < 4.78 is 76.7. The van der Waals surface area contributed by atoms with E-state index in [1.807, 2.05) is 0 Å². The Balaban J connectivity index is 2.10. The highest BCUT2D eigenvalue weighted by atomic mass is 32.2. The Bertz CT molecular complexity index is 1220. The molecule has 0 aliphatic heterocycles. The van der Waals surface area contributed by atoms with E-state index in [4.69, 9.17) is 0 Å². The molecule has 2 aromatic carbocycles. The van der Waals surface area contributed by atoms with Crippen molar-refractivity contribution in [3.05, 3.63) is 82.2 Å². The van der Waals surface area contributed by atoms with E-state index in [0.29, 0.717) is 23.5 Å². The molecule has 8 nitrogen and oxygen atoms in total. The summed E-state index contributed by atoms with van der Waals surface area (Å²) in [7, 11) is -4.13. The molecule has 0 fully saturated rings. The number of halogens is 4. The largest absolute Gasteiger partial charge is 0.501 e. The molecule has 31 heavy (non-hydrogen) atoms. The van der Waals surface area contributed by atoms with Crippen molar-refractivity contribution in [3.8, 4) is 0 Å². The predicted molar refractivity (Wildman–Crippen MR) is 101 cm³/mol. The Labute approximate surface area is 173 Å². The van der Waals surface area contributed by atoms with Crippen LogP contribution in [0.3, 0.4) is 0 Å². The molecule has 1 heterocycles. The number of alkyl halides is 3. The Morgan fingerprint density at radius 2 is 1.81 bits per heavy atom. The van der Waals surface area contributed by atoms with Gasteiger partial charge in [-0.2, -0.15) is 13.2 Å². The SMILES string of the molecule is Cn1ccnc1[C@H](Nc1ccc(S(=O)(=O)C(F)(F)F)cc1[N+](=O)[O-])c1ccc(F)cc1. The standard InChI is InChI=1S/C18H14F4N4O4S/c1-25-9-8-23-17(25)16(11-2-4-12(19)5-3-11)24-14-7-6-13(10-15(14)26(27)28)31(29,30)18(20,21)22/h2-10,16,24H,1H3/t16-/m1/s1. The minimum absolute atomic E-state index is 0.247. The van der Waals surface area contributed by atoms with E-state index in [-0.39, 0.29) is 5.69 Å². The number of benzene rings is 2. The molecule has 13 heteroatoms. The van der Waals surface area contributed by atoms with Gasteiger partial charge in [-0.15, -0.1) is 0 Å². The number of anilines is 1. The third-order valence-corrected chi connectivity index (χ3v) is 5.88. The summed E-state index contributed by atoms with van der Waals surface area (Å²) in [4.78, 5) is 13.4. The minimum atomic E-state index is -5.77. The van der Waals surface area contributed by atoms with Crippen molar-refractivity contribution >= 4 is 21.2 Å². The molecule has 164 valence electrons. The van der Waals surface area contributed by atoms with Gasteiger partial charge in [0.2, 0.25) is 0 Å². The van der Waals surface area contributed by atoms with Crippen molar-refractivity contribution in [2.75, 3.05) is 5.32 Å². The van der Waals surface area contributed by atoms with E-state index in [1.54, 1.807) is 17.8 Å². The van der Waals surface area contributed by atoms with E-state index in [1.165, 1.54) is 30.5 Å². The van der Waals surface area contributed by atoms with E-state index >= 15 is 0 Å². The average Bonchev–Trinajstić information content (AvgIpc) is 3.11. The van der Waals surface area contributed by atoms with Crippen LogP contribution in [0, 0.1) is 15.9 Å². The second-order valence-corrected chi connectivity index (χ2v) is 8.35. The van der Waals surface area contributed by atoms with Crippen molar-refractivity contribution in [2.24, 2.45) is 7.05 Å². The lowest BCUT2D eigenvalue weighted by atomic mass is 10.1. The quantitative estimate of drug-likeness (QED) is 0.340. The van der Waals surface area contributed by atoms with Gasteiger partial charge in [0.15, 0.2) is 0 Å². The summed E-state index contributed by atoms with van der Waals surface area (Å²) >= 11 is 0. The summed E-state index contributed by atoms with van der Waals surface area (Å²) in [5.74, 6) is -0.150. The predicted octanol–water partition coefficient (Wildman–Crippen LogP) is 3.96. The highest BCUT2D eigenvalue weighted by Gasteiger charge is 2.47. The number of hydrogen-bond donors (Lipinski definition) is 1. The number of aryl methyl sites for hydroxylation is 1. The van der Waals surface area contributed by atoms with Crippen molar-refractivity contribution in [1.29, 1.82) is 0 Å². The second-order valence-electron chi connectivity index (χ2n) is 6.41. The van der Waals surface area contributed by atoms with Gasteiger partial charge in [-0.3, -0.25) is 10.1 Å². The maximum absolute atomic E-state index is 13.3. The Hall–Kier alpha value is -3.48. The first-order valence-electron chi connectivity index (χ1n) is 8.51. The monoisotopic (exact) mass is 458 g/mol. The van der Waals surface area contributed by atoms with Crippen LogP contribution in [-0.4, -0.2) is 28.4 Å². The molecule has 1 N–H and O–H groups in total. The van der Waals surface area contributed by atoms with Gasteiger partial charge in [0.1, 0.15) is 23.4 Å². The Morgan fingerprint density at radius 1 is 1.16 bits per heavy atom. The van der Waals surface area contributed by atoms with Gasteiger partial charge in [-0.1, -0.05) is 12.1 Å². The lowest BCUT2D eigenvalue weighted by Crippen LogP contribution is -2.23. The van der Waals surface area contributed by atoms with Gasteiger partial charge in [0.05, 0.1) is 9.82 Å². The molecule has 0 aliphatic rings. The van der Waals surface area contributed by atoms with Crippen molar-refractivity contribution in [3.63, 3.8) is 0 Å². The van der Waals surface area contributed by atoms with Crippen LogP contribution < -0.4 is 5.32 Å². The number of sulfone groups is 1. The van der Waals surface area contributed by atoms with Gasteiger partial charge >= 0.3 is 5.51 Å². The lowest BCUT2D eigenvalue weighted by molar-refractivity contribution is -0.384. The number of rotatable bonds is 6. The number of nitrogens with zero attached hydrogens (tertiary/aromatic N) is 3. The molecule has 3 rings (SSSR count). The molecular weight excluding hydrogens is 444 g/mol. The van der Waals surface area contributed by atoms with Crippen LogP contribution in [0.5, 0.6) is 0 Å². The molecular formula is C18H14F4N4O4S. The van der Waals surface area contributed by atoms with Crippen LogP contribution in [0.25, 0.3) is 0 Å². The molecule has 0 unspecified atom stereocenters. The van der Waals surface area contributed by atoms with Crippen LogP contribution in [0.1, 0.15) is 17.4 Å². The van der Waals surface area contributed by atoms with E-state index in [9.17, 15) is 36.1 Å². The highest BCUT2D eigenvalue weighted by Crippen LogP contribution is 2.36. The molecule has 0 saturated carbocycles. The smallest absolute Gasteiger partial charge is 0.366 e. The van der Waals surface area contributed by atoms with Gasteiger partial charge in [-0.25, -0.2) is 17.8 Å². The normalized spacial score (nSPS) is 13.1.